The molecule has 28 heavy (non-hydrogen) atoms. The van der Waals surface area contributed by atoms with Gasteiger partial charge in [-0.2, -0.15) is 10.1 Å². The smallest absolute Gasteiger partial charge is 0.266 e. The van der Waals surface area contributed by atoms with Crippen LogP contribution in [-0.4, -0.2) is 30.1 Å². The average molecular weight is 399 g/mol. The van der Waals surface area contributed by atoms with Crippen molar-refractivity contribution in [2.24, 2.45) is 11.0 Å². The Labute approximate surface area is 169 Å². The molecule has 0 saturated carbocycles. The largest absolute Gasteiger partial charge is 0.271 e. The third-order valence-corrected chi connectivity index (χ3v) is 5.47. The molecular weight excluding hydrogens is 373 g/mol. The van der Waals surface area contributed by atoms with Gasteiger partial charge in [0.1, 0.15) is 12.4 Å². The Balaban J connectivity index is 1.60. The summed E-state index contributed by atoms with van der Waals surface area (Å²) in [6, 6.07) is 14.3. The standard InChI is InChI=1S/C22H24FN3OS/c1-3-4-21-20(15-24-13-14-28-19-11-5-16(2)6-12-19)22(27)26(25-21)18-9-7-17(23)8-10-18/h5-12,15,20H,3-4,13-14H2,1-2H3/p+1/t20-/m0/s1. The number of carbonyl (C=O) groups excluding carboxylic acids is 1. The number of nitrogens with zero attached hydrogens (tertiary/aromatic N) is 2. The number of hydrazone groups is 1. The Morgan fingerprint density at radius 1 is 1.18 bits per heavy atom. The van der Waals surface area contributed by atoms with E-state index in [9.17, 15) is 9.18 Å². The highest BCUT2D eigenvalue weighted by atomic mass is 32.2. The van der Waals surface area contributed by atoms with E-state index in [1.54, 1.807) is 23.9 Å². The summed E-state index contributed by atoms with van der Waals surface area (Å²) in [5.74, 6) is 0.0923. The first-order valence-corrected chi connectivity index (χ1v) is 10.5. The number of aryl methyl sites for hydroxylation is 1. The summed E-state index contributed by atoms with van der Waals surface area (Å²) >= 11 is 1.78. The lowest BCUT2D eigenvalue weighted by Gasteiger charge is -2.11. The van der Waals surface area contributed by atoms with Gasteiger partial charge >= 0.3 is 0 Å². The van der Waals surface area contributed by atoms with Crippen LogP contribution >= 0.6 is 11.8 Å². The predicted molar refractivity (Wildman–Crippen MR) is 114 cm³/mol. The van der Waals surface area contributed by atoms with Crippen LogP contribution in [0.2, 0.25) is 0 Å². The van der Waals surface area contributed by atoms with Gasteiger partial charge in [-0.25, -0.2) is 9.38 Å². The highest BCUT2D eigenvalue weighted by Crippen LogP contribution is 2.24. The van der Waals surface area contributed by atoms with Crippen LogP contribution in [0.15, 0.2) is 58.5 Å². The molecule has 3 rings (SSSR count). The maximum Gasteiger partial charge on any atom is 0.266 e. The highest BCUT2D eigenvalue weighted by molar-refractivity contribution is 7.99. The number of hydrogen-bond acceptors (Lipinski definition) is 3. The van der Waals surface area contributed by atoms with Crippen LogP contribution in [0.1, 0.15) is 25.3 Å². The highest BCUT2D eigenvalue weighted by Gasteiger charge is 2.36. The van der Waals surface area contributed by atoms with Gasteiger partial charge in [-0.3, -0.25) is 4.79 Å². The molecule has 146 valence electrons. The summed E-state index contributed by atoms with van der Waals surface area (Å²) < 4.78 is 13.2. The van der Waals surface area contributed by atoms with Gasteiger partial charge in [0.15, 0.2) is 12.1 Å². The lowest BCUT2D eigenvalue weighted by Crippen LogP contribution is -2.71. The topological polar surface area (TPSA) is 46.6 Å². The molecule has 0 bridgehead atoms. The fourth-order valence-electron chi connectivity index (χ4n) is 2.97. The second-order valence-electron chi connectivity index (χ2n) is 6.73. The maximum absolute atomic E-state index is 13.2. The van der Waals surface area contributed by atoms with Gasteiger partial charge in [0.25, 0.3) is 5.91 Å². The zero-order valence-electron chi connectivity index (χ0n) is 16.2. The molecule has 2 aromatic carbocycles. The van der Waals surface area contributed by atoms with E-state index >= 15 is 0 Å². The van der Waals surface area contributed by atoms with Crippen LogP contribution in [0.4, 0.5) is 10.1 Å². The van der Waals surface area contributed by atoms with Crippen molar-refractivity contribution < 1.29 is 14.2 Å². The molecule has 6 heteroatoms. The second kappa shape index (κ2) is 9.64. The lowest BCUT2D eigenvalue weighted by molar-refractivity contribution is -0.447. The predicted octanol–water partition coefficient (Wildman–Crippen LogP) is 3.20. The van der Waals surface area contributed by atoms with Gasteiger partial charge in [-0.1, -0.05) is 31.0 Å². The second-order valence-corrected chi connectivity index (χ2v) is 7.90. The minimum absolute atomic E-state index is 0.103. The van der Waals surface area contributed by atoms with Crippen LogP contribution < -0.4 is 10.0 Å². The van der Waals surface area contributed by atoms with E-state index < -0.39 is 0 Å². The fourth-order valence-corrected chi connectivity index (χ4v) is 3.76. The molecule has 1 aliphatic heterocycles. The SMILES string of the molecule is CCCC1=NN(c2ccc(F)cc2)C(=O)[C@H]1C=[NH+]CCSc1ccc(C)cc1. The molecule has 2 aromatic rings. The first kappa shape index (κ1) is 20.3. The molecule has 0 aliphatic carbocycles. The quantitative estimate of drug-likeness (QED) is 0.422. The van der Waals surface area contributed by atoms with Gasteiger partial charge in [-0.15, -0.1) is 11.8 Å². The summed E-state index contributed by atoms with van der Waals surface area (Å²) in [6.07, 6.45) is 3.51. The van der Waals surface area contributed by atoms with Crippen LogP contribution in [0.25, 0.3) is 0 Å². The summed E-state index contributed by atoms with van der Waals surface area (Å²) in [5.41, 5.74) is 2.69. The van der Waals surface area contributed by atoms with E-state index in [2.05, 4.69) is 48.2 Å². The van der Waals surface area contributed by atoms with E-state index in [4.69, 9.17) is 0 Å². The molecule has 4 nitrogen and oxygen atoms in total. The van der Waals surface area contributed by atoms with E-state index in [1.807, 2.05) is 6.21 Å². The molecule has 0 fully saturated rings. The minimum Gasteiger partial charge on any atom is -0.271 e. The molecular formula is C22H25FN3OS+. The van der Waals surface area contributed by atoms with Crippen molar-refractivity contribution in [3.05, 3.63) is 59.9 Å². The van der Waals surface area contributed by atoms with Crippen LogP contribution in [-0.2, 0) is 4.79 Å². The Morgan fingerprint density at radius 2 is 1.89 bits per heavy atom. The molecule has 0 saturated heterocycles. The third-order valence-electron chi connectivity index (χ3n) is 4.46. The van der Waals surface area contributed by atoms with E-state index in [0.717, 1.165) is 30.9 Å². The van der Waals surface area contributed by atoms with Crippen molar-refractivity contribution >= 4 is 35.3 Å². The van der Waals surface area contributed by atoms with Crippen molar-refractivity contribution in [2.75, 3.05) is 17.3 Å². The molecule has 1 N–H and O–H groups in total. The zero-order chi connectivity index (χ0) is 19.9. The minimum atomic E-state index is -0.380. The van der Waals surface area contributed by atoms with Crippen LogP contribution in [0.5, 0.6) is 0 Å². The van der Waals surface area contributed by atoms with Crippen LogP contribution in [0.3, 0.4) is 0 Å². The van der Waals surface area contributed by atoms with E-state index in [-0.39, 0.29) is 17.6 Å². The number of hydrogen-bond donors (Lipinski definition) is 1. The number of halogens is 1. The number of nitrogens with one attached hydrogen (secondary N) is 1. The molecule has 0 unspecified atom stereocenters. The first-order chi connectivity index (χ1) is 13.6. The van der Waals surface area contributed by atoms with Crippen molar-refractivity contribution in [2.45, 2.75) is 31.6 Å². The molecule has 1 heterocycles. The van der Waals surface area contributed by atoms with Crippen molar-refractivity contribution in [3.8, 4) is 0 Å². The molecule has 0 radical (unpaired) electrons. The number of carbonyl (C=O) groups is 1. The molecule has 0 spiro atoms. The van der Waals surface area contributed by atoms with E-state index in [1.165, 1.54) is 27.6 Å². The van der Waals surface area contributed by atoms with Crippen molar-refractivity contribution in [3.63, 3.8) is 0 Å². The maximum atomic E-state index is 13.2. The number of amides is 1. The molecule has 1 aliphatic rings. The first-order valence-electron chi connectivity index (χ1n) is 9.51. The average Bonchev–Trinajstić information content (AvgIpc) is 3.00. The Hall–Kier alpha value is -2.47. The summed E-state index contributed by atoms with van der Waals surface area (Å²) in [7, 11) is 0. The molecule has 0 aromatic heterocycles. The van der Waals surface area contributed by atoms with E-state index in [0.29, 0.717) is 5.69 Å². The fraction of sp³-hybridized carbons (Fsp3) is 0.318. The Morgan fingerprint density at radius 3 is 2.57 bits per heavy atom. The Kier molecular flexibility index (Phi) is 6.98. The number of thioether (sulfide) groups is 1. The summed E-state index contributed by atoms with van der Waals surface area (Å²) in [6.45, 7) is 4.91. The summed E-state index contributed by atoms with van der Waals surface area (Å²) in [5, 5.41) is 5.88. The van der Waals surface area contributed by atoms with Gasteiger partial charge in [-0.05, 0) is 49.7 Å². The number of rotatable bonds is 8. The lowest BCUT2D eigenvalue weighted by atomic mass is 10.0. The monoisotopic (exact) mass is 398 g/mol. The summed E-state index contributed by atoms with van der Waals surface area (Å²) in [4.78, 5) is 17.3. The number of anilines is 1. The molecule has 1 atom stereocenters. The van der Waals surface area contributed by atoms with Crippen molar-refractivity contribution in [1.29, 1.82) is 0 Å². The van der Waals surface area contributed by atoms with Gasteiger partial charge in [0.2, 0.25) is 0 Å². The van der Waals surface area contributed by atoms with Gasteiger partial charge < -0.3 is 0 Å². The van der Waals surface area contributed by atoms with Crippen LogP contribution in [0, 0.1) is 18.7 Å². The van der Waals surface area contributed by atoms with Gasteiger partial charge in [0.05, 0.1) is 17.2 Å². The molecule has 1 amide bonds. The zero-order valence-corrected chi connectivity index (χ0v) is 17.0. The van der Waals surface area contributed by atoms with Crippen molar-refractivity contribution in [1.82, 2.24) is 0 Å². The Bertz CT molecular complexity index is 862. The number of benzene rings is 2. The van der Waals surface area contributed by atoms with Gasteiger partial charge in [0, 0.05) is 4.90 Å². The normalized spacial score (nSPS) is 16.8. The third kappa shape index (κ3) is 5.07.